The van der Waals surface area contributed by atoms with Gasteiger partial charge in [-0.25, -0.2) is 9.59 Å². The Bertz CT molecular complexity index is 1040. The highest BCUT2D eigenvalue weighted by Crippen LogP contribution is 2.32. The quantitative estimate of drug-likeness (QED) is 0.511. The van der Waals surface area contributed by atoms with E-state index in [9.17, 15) is 29.7 Å². The molecule has 10 nitrogen and oxygen atoms in total. The van der Waals surface area contributed by atoms with Crippen molar-refractivity contribution in [1.29, 1.82) is 0 Å². The third kappa shape index (κ3) is 8.41. The third-order valence-corrected chi connectivity index (χ3v) is 5.71. The van der Waals surface area contributed by atoms with Crippen molar-refractivity contribution < 1.29 is 43.9 Å². The highest BCUT2D eigenvalue weighted by molar-refractivity contribution is 5.99. The number of ketones is 1. The van der Waals surface area contributed by atoms with E-state index >= 15 is 0 Å². The number of cyclic esters (lactones) is 1. The smallest absolute Gasteiger partial charge is 0.414 e. The number of hydrogen-bond donors (Lipinski definition) is 3. The van der Waals surface area contributed by atoms with E-state index in [1.54, 1.807) is 34.6 Å². The van der Waals surface area contributed by atoms with Gasteiger partial charge in [-0.1, -0.05) is 25.2 Å². The van der Waals surface area contributed by atoms with Gasteiger partial charge in [0.05, 0.1) is 24.9 Å². The van der Waals surface area contributed by atoms with E-state index in [1.165, 1.54) is 42.4 Å². The van der Waals surface area contributed by atoms with Gasteiger partial charge < -0.3 is 29.5 Å². The van der Waals surface area contributed by atoms with E-state index in [0.717, 1.165) is 6.08 Å². The number of methoxy groups -OCH3 is 1. The summed E-state index contributed by atoms with van der Waals surface area (Å²) in [6.07, 6.45) is 1.02. The molecule has 0 aromatic heterocycles. The summed E-state index contributed by atoms with van der Waals surface area (Å²) in [4.78, 5) is 39.5. The van der Waals surface area contributed by atoms with Crippen LogP contribution in [0.15, 0.2) is 30.4 Å². The molecule has 3 N–H and O–H groups in total. The number of hydrogen-bond acceptors (Lipinski definition) is 9. The summed E-state index contributed by atoms with van der Waals surface area (Å²) in [7, 11) is 1.48. The number of anilines is 1. The molecule has 0 unspecified atom stereocenters. The van der Waals surface area contributed by atoms with E-state index in [-0.39, 0.29) is 36.4 Å². The lowest BCUT2D eigenvalue weighted by molar-refractivity contribution is -0.127. The lowest BCUT2D eigenvalue weighted by Crippen LogP contribution is -2.38. The molecule has 0 spiro atoms. The Morgan fingerprint density at radius 3 is 2.46 bits per heavy atom. The monoisotopic (exact) mass is 519 g/mol. The number of nitrogens with zero attached hydrogens (tertiary/aromatic N) is 1. The molecule has 204 valence electrons. The summed E-state index contributed by atoms with van der Waals surface area (Å²) in [6.45, 7) is 8.79. The van der Waals surface area contributed by atoms with Crippen molar-refractivity contribution in [2.24, 2.45) is 5.92 Å². The SMILES string of the molecule is COCCN(C(=O)OC(C)(C)C)c1cc(O)c2c(c1)/C=C/C[C@H](O)[C@H](O)C(=O)/C=C\[C@@H](C)[C@H](C)OC2=O. The number of aromatic hydroxyl groups is 1. The Kier molecular flexibility index (Phi) is 10.4. The number of amides is 1. The molecule has 1 aromatic carbocycles. The van der Waals surface area contributed by atoms with Crippen LogP contribution in [0.2, 0.25) is 0 Å². The molecule has 0 saturated carbocycles. The number of fused-ring (bicyclic) bond motifs is 1. The molecule has 2 rings (SSSR count). The fourth-order valence-electron chi connectivity index (χ4n) is 3.46. The minimum Gasteiger partial charge on any atom is -0.507 e. The van der Waals surface area contributed by atoms with E-state index in [4.69, 9.17) is 14.2 Å². The van der Waals surface area contributed by atoms with Crippen molar-refractivity contribution in [2.45, 2.75) is 65.0 Å². The van der Waals surface area contributed by atoms with Crippen LogP contribution in [0.5, 0.6) is 5.75 Å². The number of carbonyl (C=O) groups is 3. The van der Waals surface area contributed by atoms with Gasteiger partial charge in [-0.15, -0.1) is 0 Å². The molecule has 1 aromatic rings. The van der Waals surface area contributed by atoms with Crippen molar-refractivity contribution >= 4 is 29.6 Å². The van der Waals surface area contributed by atoms with Crippen LogP contribution in [0.1, 0.15) is 57.0 Å². The van der Waals surface area contributed by atoms with Gasteiger partial charge in [0, 0.05) is 19.1 Å². The van der Waals surface area contributed by atoms with E-state index in [0.29, 0.717) is 0 Å². The third-order valence-electron chi connectivity index (χ3n) is 5.71. The molecular formula is C27H37NO9. The Balaban J connectivity index is 2.60. The summed E-state index contributed by atoms with van der Waals surface area (Å²) in [5.41, 5.74) is -0.479. The van der Waals surface area contributed by atoms with Crippen LogP contribution in [0.3, 0.4) is 0 Å². The lowest BCUT2D eigenvalue weighted by atomic mass is 9.99. The molecule has 4 atom stereocenters. The van der Waals surface area contributed by atoms with Gasteiger partial charge in [0.1, 0.15) is 29.1 Å². The van der Waals surface area contributed by atoms with Gasteiger partial charge in [0.15, 0.2) is 5.78 Å². The van der Waals surface area contributed by atoms with Crippen LogP contribution in [0.25, 0.3) is 6.08 Å². The average molecular weight is 520 g/mol. The molecule has 0 radical (unpaired) electrons. The molecular weight excluding hydrogens is 482 g/mol. The van der Waals surface area contributed by atoms with Crippen LogP contribution in [-0.2, 0) is 19.0 Å². The maximum atomic E-state index is 13.1. The first-order valence-corrected chi connectivity index (χ1v) is 12.1. The van der Waals surface area contributed by atoms with Crippen molar-refractivity contribution in [3.8, 4) is 5.75 Å². The van der Waals surface area contributed by atoms with Crippen LogP contribution >= 0.6 is 0 Å². The number of aliphatic hydroxyl groups is 2. The molecule has 0 bridgehead atoms. The lowest BCUT2D eigenvalue weighted by Gasteiger charge is -2.28. The zero-order valence-electron chi connectivity index (χ0n) is 22.1. The summed E-state index contributed by atoms with van der Waals surface area (Å²) in [5, 5.41) is 31.3. The van der Waals surface area contributed by atoms with E-state index < -0.39 is 53.4 Å². The molecule has 1 heterocycles. The zero-order valence-corrected chi connectivity index (χ0v) is 22.1. The second kappa shape index (κ2) is 12.8. The molecule has 1 amide bonds. The van der Waals surface area contributed by atoms with Crippen LogP contribution < -0.4 is 4.90 Å². The topological polar surface area (TPSA) is 143 Å². The summed E-state index contributed by atoms with van der Waals surface area (Å²) in [6, 6.07) is 2.77. The summed E-state index contributed by atoms with van der Waals surface area (Å²) in [5.74, 6) is -2.31. The van der Waals surface area contributed by atoms with E-state index in [2.05, 4.69) is 0 Å². The fraction of sp³-hybridized carbons (Fsp3) is 0.519. The molecule has 0 fully saturated rings. The molecule has 1 aliphatic heterocycles. The van der Waals surface area contributed by atoms with Crippen LogP contribution in [0, 0.1) is 5.92 Å². The van der Waals surface area contributed by atoms with Crippen molar-refractivity contribution in [3.05, 3.63) is 41.5 Å². The predicted molar refractivity (Wildman–Crippen MR) is 137 cm³/mol. The molecule has 1 aliphatic rings. The van der Waals surface area contributed by atoms with Gasteiger partial charge in [0.2, 0.25) is 0 Å². The first-order valence-electron chi connectivity index (χ1n) is 12.1. The minimum absolute atomic E-state index is 0.103. The van der Waals surface area contributed by atoms with Gasteiger partial charge >= 0.3 is 12.1 Å². The van der Waals surface area contributed by atoms with Crippen molar-refractivity contribution in [2.75, 3.05) is 25.2 Å². The molecule has 37 heavy (non-hydrogen) atoms. The molecule has 0 saturated heterocycles. The Morgan fingerprint density at radius 1 is 1.16 bits per heavy atom. The van der Waals surface area contributed by atoms with Crippen LogP contribution in [0.4, 0.5) is 10.5 Å². The van der Waals surface area contributed by atoms with E-state index in [1.807, 2.05) is 0 Å². The Morgan fingerprint density at radius 2 is 1.84 bits per heavy atom. The normalized spacial score (nSPS) is 24.9. The molecule has 0 aliphatic carbocycles. The minimum atomic E-state index is -1.63. The number of phenolic OH excluding ortho intramolecular Hbond substituents is 1. The second-order valence-electron chi connectivity index (χ2n) is 9.94. The average Bonchev–Trinajstić information content (AvgIpc) is 2.79. The van der Waals surface area contributed by atoms with Gasteiger partial charge in [-0.2, -0.15) is 0 Å². The largest absolute Gasteiger partial charge is 0.507 e. The van der Waals surface area contributed by atoms with Gasteiger partial charge in [-0.3, -0.25) is 9.69 Å². The number of ether oxygens (including phenoxy) is 3. The number of aliphatic hydroxyl groups excluding tert-OH is 2. The van der Waals surface area contributed by atoms with Crippen molar-refractivity contribution in [1.82, 2.24) is 0 Å². The fourth-order valence-corrected chi connectivity index (χ4v) is 3.46. The molecule has 10 heteroatoms. The maximum Gasteiger partial charge on any atom is 0.414 e. The highest BCUT2D eigenvalue weighted by Gasteiger charge is 2.28. The first kappa shape index (κ1) is 30.0. The number of phenols is 1. The Hall–Kier alpha value is -3.21. The highest BCUT2D eigenvalue weighted by atomic mass is 16.6. The predicted octanol–water partition coefficient (Wildman–Crippen LogP) is 3.23. The standard InChI is InChI=1S/C27H37NO9/c1-16-10-11-21(30)24(32)20(29)9-7-8-18-14-19(15-22(31)23(18)25(33)36-17(16)2)28(12-13-35-6)26(34)37-27(3,4)5/h7-8,10-11,14-17,20,24,29,31-32H,9,12-13H2,1-6H3/b8-7+,11-10-/t16-,17+,20+,24+/m1/s1. The van der Waals surface area contributed by atoms with Crippen molar-refractivity contribution in [3.63, 3.8) is 0 Å². The second-order valence-corrected chi connectivity index (χ2v) is 9.94. The first-order chi connectivity index (χ1) is 17.2. The summed E-state index contributed by atoms with van der Waals surface area (Å²) >= 11 is 0. The van der Waals surface area contributed by atoms with Gasteiger partial charge in [0.25, 0.3) is 0 Å². The summed E-state index contributed by atoms with van der Waals surface area (Å²) < 4.78 is 16.2. The van der Waals surface area contributed by atoms with Gasteiger partial charge in [-0.05, 0) is 51.8 Å². The van der Waals surface area contributed by atoms with Crippen LogP contribution in [-0.4, -0.2) is 77.3 Å². The Labute approximate surface area is 217 Å². The zero-order chi connectivity index (χ0) is 27.9. The number of rotatable bonds is 4. The number of esters is 1. The number of carbonyl (C=O) groups excluding carboxylic acids is 3. The maximum absolute atomic E-state index is 13.1. The number of benzene rings is 1.